The van der Waals surface area contributed by atoms with Gasteiger partial charge in [-0.3, -0.25) is 4.79 Å². The van der Waals surface area contributed by atoms with Crippen molar-refractivity contribution in [2.75, 3.05) is 13.2 Å². The summed E-state index contributed by atoms with van der Waals surface area (Å²) in [6.07, 6.45) is -1.42. The summed E-state index contributed by atoms with van der Waals surface area (Å²) in [6.45, 7) is 10.0. The van der Waals surface area contributed by atoms with Crippen LogP contribution in [0, 0.1) is 5.92 Å². The van der Waals surface area contributed by atoms with E-state index >= 15 is 0 Å². The lowest BCUT2D eigenvalue weighted by molar-refractivity contribution is -0.145. The van der Waals surface area contributed by atoms with Crippen LogP contribution in [0.2, 0.25) is 0 Å². The Kier molecular flexibility index (Phi) is 13.5. The third-order valence-electron chi connectivity index (χ3n) is 5.69. The van der Waals surface area contributed by atoms with Crippen molar-refractivity contribution in [2.45, 2.75) is 72.3 Å². The van der Waals surface area contributed by atoms with Crippen molar-refractivity contribution in [1.29, 1.82) is 0 Å². The maximum atomic E-state index is 12.9. The van der Waals surface area contributed by atoms with Gasteiger partial charge in [0.1, 0.15) is 36.6 Å². The topological polar surface area (TPSA) is 158 Å². The molecule has 2 atom stereocenters. The van der Waals surface area contributed by atoms with Gasteiger partial charge in [-0.05, 0) is 56.9 Å². The molecule has 0 aromatic heterocycles. The predicted octanol–water partition coefficient (Wildman–Crippen LogP) is 3.66. The molecule has 0 radical (unpaired) electrons. The minimum atomic E-state index is -1.01. The van der Waals surface area contributed by atoms with E-state index in [4.69, 9.17) is 18.9 Å². The van der Waals surface area contributed by atoms with Gasteiger partial charge in [-0.15, -0.1) is 0 Å². The number of amides is 3. The van der Waals surface area contributed by atoms with Gasteiger partial charge >= 0.3 is 24.1 Å². The van der Waals surface area contributed by atoms with Crippen LogP contribution in [-0.4, -0.2) is 60.9 Å². The molecule has 3 N–H and O–H groups in total. The Balaban J connectivity index is 1.96. The van der Waals surface area contributed by atoms with E-state index in [2.05, 4.69) is 16.0 Å². The molecule has 0 aliphatic carbocycles. The number of rotatable bonds is 13. The zero-order chi connectivity index (χ0) is 32.0. The fraction of sp³-hybridized carbons (Fsp3) is 0.452. The number of carbonyl (C=O) groups is 5. The lowest BCUT2D eigenvalue weighted by atomic mass is 10.0. The van der Waals surface area contributed by atoms with E-state index in [1.165, 1.54) is 12.1 Å². The van der Waals surface area contributed by atoms with E-state index in [-0.39, 0.29) is 37.8 Å². The molecule has 2 aromatic carbocycles. The molecule has 234 valence electrons. The van der Waals surface area contributed by atoms with E-state index < -0.39 is 47.7 Å². The molecule has 12 heteroatoms. The highest BCUT2D eigenvalue weighted by atomic mass is 16.6. The highest BCUT2D eigenvalue weighted by molar-refractivity contribution is 5.88. The average Bonchev–Trinajstić information content (AvgIpc) is 2.94. The first-order chi connectivity index (χ1) is 20.3. The largest absolute Gasteiger partial charge is 0.464 e. The molecule has 2 rings (SSSR count). The predicted molar refractivity (Wildman–Crippen MR) is 157 cm³/mol. The van der Waals surface area contributed by atoms with Crippen molar-refractivity contribution in [3.63, 3.8) is 0 Å². The zero-order valence-corrected chi connectivity index (χ0v) is 25.4. The fourth-order valence-corrected chi connectivity index (χ4v) is 3.64. The van der Waals surface area contributed by atoms with Crippen molar-refractivity contribution in [3.8, 4) is 5.75 Å². The van der Waals surface area contributed by atoms with Crippen LogP contribution < -0.4 is 20.7 Å². The Labute approximate surface area is 251 Å². The van der Waals surface area contributed by atoms with Gasteiger partial charge in [0.25, 0.3) is 0 Å². The average molecular weight is 600 g/mol. The Hall–Kier alpha value is -4.61. The molecule has 0 unspecified atom stereocenters. The van der Waals surface area contributed by atoms with Gasteiger partial charge in [0, 0.05) is 6.42 Å². The summed E-state index contributed by atoms with van der Waals surface area (Å²) in [6, 6.07) is 13.5. The lowest BCUT2D eigenvalue weighted by Gasteiger charge is -2.22. The molecule has 2 aromatic rings. The number of alkyl carbamates (subject to hydrolysis) is 2. The van der Waals surface area contributed by atoms with Crippen LogP contribution in [0.25, 0.3) is 0 Å². The van der Waals surface area contributed by atoms with Crippen LogP contribution in [0.1, 0.15) is 52.7 Å². The monoisotopic (exact) mass is 599 g/mol. The van der Waals surface area contributed by atoms with Crippen LogP contribution in [-0.2, 0) is 41.6 Å². The molecule has 0 spiro atoms. The summed E-state index contributed by atoms with van der Waals surface area (Å²) in [7, 11) is 0. The Morgan fingerprint density at radius 3 is 2.02 bits per heavy atom. The second kappa shape index (κ2) is 16.7. The van der Waals surface area contributed by atoms with Gasteiger partial charge in [0.15, 0.2) is 0 Å². The molecule has 0 saturated carbocycles. The van der Waals surface area contributed by atoms with Crippen molar-refractivity contribution in [2.24, 2.45) is 5.92 Å². The molecule has 0 fully saturated rings. The molecule has 12 nitrogen and oxygen atoms in total. The van der Waals surface area contributed by atoms with Crippen molar-refractivity contribution >= 4 is 30.0 Å². The van der Waals surface area contributed by atoms with Gasteiger partial charge in [-0.25, -0.2) is 19.2 Å². The first-order valence-electron chi connectivity index (χ1n) is 14.0. The van der Waals surface area contributed by atoms with Crippen LogP contribution in [0.15, 0.2) is 54.6 Å². The number of nitrogens with one attached hydrogen (secondary N) is 3. The number of carbonyl (C=O) groups excluding carboxylic acids is 5. The molecule has 0 saturated heterocycles. The number of hydrogen-bond donors (Lipinski definition) is 3. The summed E-state index contributed by atoms with van der Waals surface area (Å²) in [5, 5.41) is 7.46. The number of benzene rings is 2. The van der Waals surface area contributed by atoms with Crippen molar-refractivity contribution in [1.82, 2.24) is 16.0 Å². The normalized spacial score (nSPS) is 12.3. The summed E-state index contributed by atoms with van der Waals surface area (Å²) >= 11 is 0. The Bertz CT molecular complexity index is 1230. The van der Waals surface area contributed by atoms with Crippen molar-refractivity contribution in [3.05, 3.63) is 65.7 Å². The maximum Gasteiger partial charge on any atom is 0.408 e. The molecule has 0 aliphatic heterocycles. The zero-order valence-electron chi connectivity index (χ0n) is 25.4. The van der Waals surface area contributed by atoms with Gasteiger partial charge in [0.05, 0.1) is 6.61 Å². The highest BCUT2D eigenvalue weighted by Gasteiger charge is 2.27. The first kappa shape index (κ1) is 34.6. The molecular weight excluding hydrogens is 558 g/mol. The van der Waals surface area contributed by atoms with E-state index in [9.17, 15) is 24.0 Å². The fourth-order valence-electron chi connectivity index (χ4n) is 3.64. The summed E-state index contributed by atoms with van der Waals surface area (Å²) in [5.41, 5.74) is 0.737. The number of ether oxygens (including phenoxy) is 4. The van der Waals surface area contributed by atoms with Crippen molar-refractivity contribution < 1.29 is 42.9 Å². The third-order valence-corrected chi connectivity index (χ3v) is 5.69. The SMILES string of the molecule is CCOC(=O)[C@H](Cc1ccc(OC(=O)[C@H](NC(=O)CNC(=O)OC(C)(C)C)C(C)C)cc1)NC(=O)OCc1ccccc1. The Morgan fingerprint density at radius 1 is 0.791 bits per heavy atom. The molecule has 0 heterocycles. The quantitative estimate of drug-likeness (QED) is 0.177. The molecule has 3 amide bonds. The van der Waals surface area contributed by atoms with E-state index in [1.807, 2.05) is 30.3 Å². The number of hydrogen-bond acceptors (Lipinski definition) is 9. The van der Waals surface area contributed by atoms with Gasteiger partial charge in [-0.2, -0.15) is 0 Å². The van der Waals surface area contributed by atoms with Crippen LogP contribution in [0.4, 0.5) is 9.59 Å². The van der Waals surface area contributed by atoms with Crippen LogP contribution in [0.5, 0.6) is 5.75 Å². The molecule has 0 bridgehead atoms. The summed E-state index contributed by atoms with van der Waals surface area (Å²) in [4.78, 5) is 61.9. The summed E-state index contributed by atoms with van der Waals surface area (Å²) < 4.78 is 20.9. The van der Waals surface area contributed by atoms with Gasteiger partial charge in [0.2, 0.25) is 5.91 Å². The minimum absolute atomic E-state index is 0.0420. The second-order valence-electron chi connectivity index (χ2n) is 10.9. The lowest BCUT2D eigenvalue weighted by Crippen LogP contribution is -2.49. The molecule has 43 heavy (non-hydrogen) atoms. The third kappa shape index (κ3) is 13.3. The highest BCUT2D eigenvalue weighted by Crippen LogP contribution is 2.16. The molecular formula is C31H41N3O9. The Morgan fingerprint density at radius 2 is 1.44 bits per heavy atom. The van der Waals surface area contributed by atoms with Gasteiger partial charge in [-0.1, -0.05) is 56.3 Å². The van der Waals surface area contributed by atoms with Gasteiger partial charge < -0.3 is 34.9 Å². The van der Waals surface area contributed by atoms with Crippen LogP contribution >= 0.6 is 0 Å². The molecule has 0 aliphatic rings. The number of esters is 2. The van der Waals surface area contributed by atoms with E-state index in [0.717, 1.165) is 5.56 Å². The van der Waals surface area contributed by atoms with E-state index in [0.29, 0.717) is 5.56 Å². The minimum Gasteiger partial charge on any atom is -0.464 e. The van der Waals surface area contributed by atoms with Crippen LogP contribution in [0.3, 0.4) is 0 Å². The standard InChI is InChI=1S/C31H41N3O9/c1-7-40-27(36)24(33-30(39)41-19-22-11-9-8-10-12-22)17-21-13-15-23(16-14-21)42-28(37)26(20(2)3)34-25(35)18-32-29(38)43-31(4,5)6/h8-16,20,24,26H,7,17-19H2,1-6H3,(H,32,38)(H,33,39)(H,34,35)/t24-,26+/m0/s1. The second-order valence-corrected chi connectivity index (χ2v) is 10.9. The summed E-state index contributed by atoms with van der Waals surface area (Å²) in [5.74, 6) is -2.00. The first-order valence-corrected chi connectivity index (χ1v) is 14.0. The smallest absolute Gasteiger partial charge is 0.408 e. The maximum absolute atomic E-state index is 12.9. The van der Waals surface area contributed by atoms with E-state index in [1.54, 1.807) is 53.7 Å².